The van der Waals surface area contributed by atoms with Crippen LogP contribution < -0.4 is 0 Å². The number of benzene rings is 1. The number of rotatable bonds is 2. The molecule has 2 heteroatoms. The van der Waals surface area contributed by atoms with Gasteiger partial charge in [-0.1, -0.05) is 29.8 Å². The predicted molar refractivity (Wildman–Crippen MR) is 59.8 cm³/mol. The molecule has 0 aliphatic carbocycles. The summed E-state index contributed by atoms with van der Waals surface area (Å²) in [7, 11) is 0. The molecule has 1 saturated heterocycles. The second kappa shape index (κ2) is 3.95. The molecule has 0 bridgehead atoms. The first-order valence-electron chi connectivity index (χ1n) is 5.42. The summed E-state index contributed by atoms with van der Waals surface area (Å²) in [6.45, 7) is 6.73. The van der Waals surface area contributed by atoms with Crippen LogP contribution in [0.25, 0.3) is 0 Å². The van der Waals surface area contributed by atoms with Crippen molar-refractivity contribution in [2.45, 2.75) is 39.1 Å². The predicted octanol–water partition coefficient (Wildman–Crippen LogP) is 2.69. The van der Waals surface area contributed by atoms with Crippen LogP contribution >= 0.6 is 0 Å². The Morgan fingerprint density at radius 2 is 2.20 bits per heavy atom. The summed E-state index contributed by atoms with van der Waals surface area (Å²) in [5.74, 6) is -0.408. The van der Waals surface area contributed by atoms with E-state index in [0.29, 0.717) is 6.61 Å². The molecule has 1 unspecified atom stereocenters. The van der Waals surface area contributed by atoms with E-state index in [0.717, 1.165) is 6.42 Å². The van der Waals surface area contributed by atoms with Crippen molar-refractivity contribution in [2.24, 2.45) is 0 Å². The standard InChI is InChI=1S/C13H18O2/c1-10-5-4-6-11(7-10)8-12-9-14-13(2,3)15-12/h4-7,12H,8-9H2,1-3H3. The van der Waals surface area contributed by atoms with Gasteiger partial charge < -0.3 is 9.47 Å². The van der Waals surface area contributed by atoms with Crippen LogP contribution in [-0.4, -0.2) is 18.5 Å². The highest BCUT2D eigenvalue weighted by molar-refractivity contribution is 5.22. The van der Waals surface area contributed by atoms with E-state index in [2.05, 4.69) is 31.2 Å². The maximum absolute atomic E-state index is 5.77. The first kappa shape index (κ1) is 10.7. The fourth-order valence-corrected chi connectivity index (χ4v) is 1.97. The third kappa shape index (κ3) is 2.80. The maximum atomic E-state index is 5.77. The highest BCUT2D eigenvalue weighted by Gasteiger charge is 2.32. The number of ether oxygens (including phenoxy) is 2. The highest BCUT2D eigenvalue weighted by Crippen LogP contribution is 2.24. The van der Waals surface area contributed by atoms with Crippen LogP contribution in [0, 0.1) is 6.92 Å². The smallest absolute Gasteiger partial charge is 0.163 e. The summed E-state index contributed by atoms with van der Waals surface area (Å²) >= 11 is 0. The van der Waals surface area contributed by atoms with Gasteiger partial charge >= 0.3 is 0 Å². The van der Waals surface area contributed by atoms with E-state index in [-0.39, 0.29) is 6.10 Å². The van der Waals surface area contributed by atoms with Crippen LogP contribution in [0.15, 0.2) is 24.3 Å². The minimum Gasteiger partial charge on any atom is -0.348 e. The zero-order valence-corrected chi connectivity index (χ0v) is 9.62. The molecule has 1 heterocycles. The molecular weight excluding hydrogens is 188 g/mol. The lowest BCUT2D eigenvalue weighted by Crippen LogP contribution is -2.22. The summed E-state index contributed by atoms with van der Waals surface area (Å²) < 4.78 is 11.3. The third-order valence-electron chi connectivity index (χ3n) is 2.61. The van der Waals surface area contributed by atoms with Crippen LogP contribution in [0.3, 0.4) is 0 Å². The molecule has 0 aromatic heterocycles. The van der Waals surface area contributed by atoms with Crippen molar-refractivity contribution in [3.63, 3.8) is 0 Å². The molecule has 0 saturated carbocycles. The van der Waals surface area contributed by atoms with Gasteiger partial charge in [0.05, 0.1) is 12.7 Å². The van der Waals surface area contributed by atoms with Crippen molar-refractivity contribution in [2.75, 3.05) is 6.61 Å². The number of aryl methyl sites for hydroxylation is 1. The van der Waals surface area contributed by atoms with Crippen molar-refractivity contribution in [3.05, 3.63) is 35.4 Å². The molecule has 0 spiro atoms. The van der Waals surface area contributed by atoms with Crippen LogP contribution in [0.5, 0.6) is 0 Å². The lowest BCUT2D eigenvalue weighted by atomic mass is 10.1. The Bertz CT molecular complexity index is 344. The van der Waals surface area contributed by atoms with Gasteiger partial charge in [-0.25, -0.2) is 0 Å². The molecule has 1 aromatic carbocycles. The summed E-state index contributed by atoms with van der Waals surface area (Å²) in [5.41, 5.74) is 2.62. The molecule has 1 atom stereocenters. The molecule has 2 rings (SSSR count). The average molecular weight is 206 g/mol. The number of hydrogen-bond acceptors (Lipinski definition) is 2. The van der Waals surface area contributed by atoms with E-state index in [1.54, 1.807) is 0 Å². The molecule has 82 valence electrons. The Morgan fingerprint density at radius 1 is 1.40 bits per heavy atom. The van der Waals surface area contributed by atoms with Crippen LogP contribution in [-0.2, 0) is 15.9 Å². The minimum absolute atomic E-state index is 0.196. The van der Waals surface area contributed by atoms with Gasteiger partial charge in [0, 0.05) is 6.42 Å². The Morgan fingerprint density at radius 3 is 2.80 bits per heavy atom. The van der Waals surface area contributed by atoms with Crippen LogP contribution in [0.1, 0.15) is 25.0 Å². The van der Waals surface area contributed by atoms with Gasteiger partial charge in [0.1, 0.15) is 0 Å². The lowest BCUT2D eigenvalue weighted by molar-refractivity contribution is -0.138. The Labute approximate surface area is 91.2 Å². The van der Waals surface area contributed by atoms with Crippen molar-refractivity contribution in [3.8, 4) is 0 Å². The van der Waals surface area contributed by atoms with Gasteiger partial charge in [-0.05, 0) is 26.3 Å². The molecular formula is C13H18O2. The molecule has 15 heavy (non-hydrogen) atoms. The molecule has 0 radical (unpaired) electrons. The van der Waals surface area contributed by atoms with Crippen molar-refractivity contribution in [1.82, 2.24) is 0 Å². The van der Waals surface area contributed by atoms with E-state index in [1.165, 1.54) is 11.1 Å². The molecule has 1 aliphatic heterocycles. The molecule has 1 aromatic rings. The van der Waals surface area contributed by atoms with Crippen molar-refractivity contribution < 1.29 is 9.47 Å². The zero-order chi connectivity index (χ0) is 10.9. The monoisotopic (exact) mass is 206 g/mol. The molecule has 1 fully saturated rings. The fraction of sp³-hybridized carbons (Fsp3) is 0.538. The van der Waals surface area contributed by atoms with Gasteiger partial charge in [-0.3, -0.25) is 0 Å². The summed E-state index contributed by atoms with van der Waals surface area (Å²) in [6.07, 6.45) is 1.13. The topological polar surface area (TPSA) is 18.5 Å². The van der Waals surface area contributed by atoms with Gasteiger partial charge in [0.25, 0.3) is 0 Å². The van der Waals surface area contributed by atoms with E-state index in [4.69, 9.17) is 9.47 Å². The second-order valence-corrected chi connectivity index (χ2v) is 4.64. The van der Waals surface area contributed by atoms with Crippen molar-refractivity contribution >= 4 is 0 Å². The first-order chi connectivity index (χ1) is 7.05. The van der Waals surface area contributed by atoms with Crippen LogP contribution in [0.2, 0.25) is 0 Å². The van der Waals surface area contributed by atoms with E-state index < -0.39 is 5.79 Å². The molecule has 1 aliphatic rings. The fourth-order valence-electron chi connectivity index (χ4n) is 1.97. The largest absolute Gasteiger partial charge is 0.348 e. The summed E-state index contributed by atoms with van der Waals surface area (Å²) in [6, 6.07) is 8.54. The molecule has 0 N–H and O–H groups in total. The van der Waals surface area contributed by atoms with Gasteiger partial charge in [-0.2, -0.15) is 0 Å². The second-order valence-electron chi connectivity index (χ2n) is 4.64. The lowest BCUT2D eigenvalue weighted by Gasteiger charge is -2.17. The Balaban J connectivity index is 1.99. The molecule has 2 nitrogen and oxygen atoms in total. The van der Waals surface area contributed by atoms with Gasteiger partial charge in [0.2, 0.25) is 0 Å². The Kier molecular flexibility index (Phi) is 2.81. The van der Waals surface area contributed by atoms with Gasteiger partial charge in [-0.15, -0.1) is 0 Å². The third-order valence-corrected chi connectivity index (χ3v) is 2.61. The normalized spacial score (nSPS) is 24.3. The summed E-state index contributed by atoms with van der Waals surface area (Å²) in [5, 5.41) is 0. The SMILES string of the molecule is Cc1cccc(CC2COC(C)(C)O2)c1. The quantitative estimate of drug-likeness (QED) is 0.740. The van der Waals surface area contributed by atoms with E-state index >= 15 is 0 Å². The van der Waals surface area contributed by atoms with Gasteiger partial charge in [0.15, 0.2) is 5.79 Å². The average Bonchev–Trinajstić information content (AvgIpc) is 2.45. The van der Waals surface area contributed by atoms with E-state index in [1.807, 2.05) is 13.8 Å². The summed E-state index contributed by atoms with van der Waals surface area (Å²) in [4.78, 5) is 0. The molecule has 0 amide bonds. The Hall–Kier alpha value is -0.860. The van der Waals surface area contributed by atoms with Crippen molar-refractivity contribution in [1.29, 1.82) is 0 Å². The minimum atomic E-state index is -0.408. The van der Waals surface area contributed by atoms with Crippen LogP contribution in [0.4, 0.5) is 0 Å². The highest BCUT2D eigenvalue weighted by atomic mass is 16.7. The van der Waals surface area contributed by atoms with E-state index in [9.17, 15) is 0 Å². The maximum Gasteiger partial charge on any atom is 0.163 e. The zero-order valence-electron chi connectivity index (χ0n) is 9.62. The number of hydrogen-bond donors (Lipinski definition) is 0. The first-order valence-corrected chi connectivity index (χ1v) is 5.42.